The van der Waals surface area contributed by atoms with Gasteiger partial charge in [0, 0.05) is 6.04 Å². The molecule has 0 spiro atoms. The van der Waals surface area contributed by atoms with Crippen LogP contribution in [0.4, 0.5) is 0 Å². The van der Waals surface area contributed by atoms with Crippen LogP contribution in [0.15, 0.2) is 0 Å². The van der Waals surface area contributed by atoms with Crippen LogP contribution in [-0.4, -0.2) is 37.6 Å². The van der Waals surface area contributed by atoms with E-state index < -0.39 is 0 Å². The van der Waals surface area contributed by atoms with E-state index in [2.05, 4.69) is 24.2 Å². The van der Waals surface area contributed by atoms with Crippen molar-refractivity contribution in [3.63, 3.8) is 0 Å². The lowest BCUT2D eigenvalue weighted by molar-refractivity contribution is -0.101. The Balaban J connectivity index is 1.42. The maximum Gasteiger partial charge on any atom is 0.0124 e. The molecule has 4 saturated carbocycles. The van der Waals surface area contributed by atoms with Crippen LogP contribution in [0.3, 0.4) is 0 Å². The Morgan fingerprint density at radius 2 is 1.52 bits per heavy atom. The van der Waals surface area contributed by atoms with Gasteiger partial charge in [0.1, 0.15) is 0 Å². The van der Waals surface area contributed by atoms with Crippen LogP contribution in [0, 0.1) is 29.1 Å². The van der Waals surface area contributed by atoms with Crippen molar-refractivity contribution in [2.75, 3.05) is 26.7 Å². The third-order valence-electron chi connectivity index (χ3n) is 7.66. The molecule has 1 aliphatic heterocycles. The molecule has 5 fully saturated rings. The van der Waals surface area contributed by atoms with Crippen molar-refractivity contribution in [1.82, 2.24) is 10.2 Å². The van der Waals surface area contributed by atoms with Gasteiger partial charge < -0.3 is 10.2 Å². The van der Waals surface area contributed by atoms with Crippen LogP contribution in [-0.2, 0) is 0 Å². The quantitative estimate of drug-likeness (QED) is 0.852. The lowest BCUT2D eigenvalue weighted by Gasteiger charge is -2.61. The lowest BCUT2D eigenvalue weighted by atomic mass is 9.47. The number of likely N-dealkylation sites (tertiary alicyclic amines) is 1. The average Bonchev–Trinajstić information content (AvgIpc) is 2.46. The summed E-state index contributed by atoms with van der Waals surface area (Å²) in [5.74, 6) is 4.22. The standard InChI is InChI=1S/C19H34N2/c1-14(21-5-3-15(4-6-21)13-20-2)19-10-16-7-17(11-19)9-18(8-16)12-19/h14-18,20H,3-13H2,1-2H3. The number of nitrogens with one attached hydrogen (secondary N) is 1. The van der Waals surface area contributed by atoms with Crippen LogP contribution in [0.1, 0.15) is 58.3 Å². The molecule has 0 aromatic carbocycles. The molecular formula is C19H34N2. The van der Waals surface area contributed by atoms with Crippen molar-refractivity contribution in [3.05, 3.63) is 0 Å². The van der Waals surface area contributed by atoms with Crippen LogP contribution in [0.25, 0.3) is 0 Å². The fourth-order valence-electron chi connectivity index (χ4n) is 6.91. The van der Waals surface area contributed by atoms with Gasteiger partial charge in [0.15, 0.2) is 0 Å². The molecule has 0 radical (unpaired) electrons. The Bertz CT molecular complexity index is 334. The predicted molar refractivity (Wildman–Crippen MR) is 88.3 cm³/mol. The molecule has 21 heavy (non-hydrogen) atoms. The van der Waals surface area contributed by atoms with Crippen molar-refractivity contribution >= 4 is 0 Å². The molecule has 1 atom stereocenters. The summed E-state index contributed by atoms with van der Waals surface area (Å²) in [7, 11) is 2.10. The molecule has 5 aliphatic rings. The van der Waals surface area contributed by atoms with Gasteiger partial charge in [-0.2, -0.15) is 0 Å². The first-order valence-corrected chi connectivity index (χ1v) is 9.57. The second-order valence-corrected chi connectivity index (χ2v) is 8.99. The summed E-state index contributed by atoms with van der Waals surface area (Å²) in [6.45, 7) is 6.52. The third kappa shape index (κ3) is 2.57. The fourth-order valence-corrected chi connectivity index (χ4v) is 6.91. The minimum absolute atomic E-state index is 0.713. The summed E-state index contributed by atoms with van der Waals surface area (Å²) >= 11 is 0. The molecule has 0 aromatic heterocycles. The van der Waals surface area contributed by atoms with Crippen molar-refractivity contribution in [2.45, 2.75) is 64.3 Å². The molecular weight excluding hydrogens is 256 g/mol. The summed E-state index contributed by atoms with van der Waals surface area (Å²) < 4.78 is 0. The number of hydrogen-bond donors (Lipinski definition) is 1. The summed E-state index contributed by atoms with van der Waals surface area (Å²) in [5.41, 5.74) is 0.713. The van der Waals surface area contributed by atoms with Crippen LogP contribution in [0.5, 0.6) is 0 Å². The Labute approximate surface area is 131 Å². The van der Waals surface area contributed by atoms with Crippen molar-refractivity contribution in [2.24, 2.45) is 29.1 Å². The van der Waals surface area contributed by atoms with E-state index in [1.807, 2.05) is 0 Å². The van der Waals surface area contributed by atoms with Crippen LogP contribution >= 0.6 is 0 Å². The first kappa shape index (κ1) is 14.5. The number of piperidine rings is 1. The van der Waals surface area contributed by atoms with E-state index in [9.17, 15) is 0 Å². The fraction of sp³-hybridized carbons (Fsp3) is 1.00. The molecule has 2 nitrogen and oxygen atoms in total. The summed E-state index contributed by atoms with van der Waals surface area (Å²) in [6.07, 6.45) is 12.3. The first-order valence-electron chi connectivity index (χ1n) is 9.57. The molecule has 4 aliphatic carbocycles. The molecule has 1 heterocycles. The monoisotopic (exact) mass is 290 g/mol. The number of hydrogen-bond acceptors (Lipinski definition) is 2. The van der Waals surface area contributed by atoms with E-state index in [0.29, 0.717) is 5.41 Å². The van der Waals surface area contributed by atoms with Crippen molar-refractivity contribution in [3.8, 4) is 0 Å². The Kier molecular flexibility index (Phi) is 3.82. The Morgan fingerprint density at radius 3 is 2.00 bits per heavy atom. The molecule has 1 N–H and O–H groups in total. The molecule has 120 valence electrons. The van der Waals surface area contributed by atoms with E-state index in [1.165, 1.54) is 32.5 Å². The van der Waals surface area contributed by atoms with Crippen LogP contribution < -0.4 is 5.32 Å². The predicted octanol–water partition coefficient (Wildman–Crippen LogP) is 3.52. The van der Waals surface area contributed by atoms with E-state index in [4.69, 9.17) is 0 Å². The smallest absolute Gasteiger partial charge is 0.0124 e. The van der Waals surface area contributed by atoms with E-state index >= 15 is 0 Å². The molecule has 5 rings (SSSR count). The number of nitrogens with zero attached hydrogens (tertiary/aromatic N) is 1. The van der Waals surface area contributed by atoms with E-state index in [-0.39, 0.29) is 0 Å². The molecule has 2 heteroatoms. The zero-order valence-corrected chi connectivity index (χ0v) is 14.1. The minimum atomic E-state index is 0.713. The van der Waals surface area contributed by atoms with Gasteiger partial charge in [-0.05, 0) is 114 Å². The third-order valence-corrected chi connectivity index (χ3v) is 7.66. The van der Waals surface area contributed by atoms with Gasteiger partial charge in [0.05, 0.1) is 0 Å². The van der Waals surface area contributed by atoms with Gasteiger partial charge in [-0.15, -0.1) is 0 Å². The topological polar surface area (TPSA) is 15.3 Å². The van der Waals surface area contributed by atoms with Crippen LogP contribution in [0.2, 0.25) is 0 Å². The van der Waals surface area contributed by atoms with Gasteiger partial charge >= 0.3 is 0 Å². The van der Waals surface area contributed by atoms with Gasteiger partial charge in [0.25, 0.3) is 0 Å². The normalized spacial score (nSPS) is 45.1. The minimum Gasteiger partial charge on any atom is -0.319 e. The molecule has 1 saturated heterocycles. The second-order valence-electron chi connectivity index (χ2n) is 8.99. The van der Waals surface area contributed by atoms with E-state index in [0.717, 1.165) is 29.7 Å². The highest BCUT2D eigenvalue weighted by Gasteiger charge is 2.54. The molecule has 0 aromatic rings. The molecule has 4 bridgehead atoms. The van der Waals surface area contributed by atoms with Gasteiger partial charge in [0.2, 0.25) is 0 Å². The van der Waals surface area contributed by atoms with E-state index in [1.54, 1.807) is 38.5 Å². The SMILES string of the molecule is CNCC1CCN(C(C)C23CC4CC(CC(C4)C2)C3)CC1. The van der Waals surface area contributed by atoms with Gasteiger partial charge in [-0.3, -0.25) is 0 Å². The van der Waals surface area contributed by atoms with Crippen molar-refractivity contribution < 1.29 is 0 Å². The average molecular weight is 290 g/mol. The summed E-state index contributed by atoms with van der Waals surface area (Å²) in [5, 5.41) is 3.37. The van der Waals surface area contributed by atoms with Gasteiger partial charge in [-0.25, -0.2) is 0 Å². The lowest BCUT2D eigenvalue weighted by Crippen LogP contribution is -2.57. The van der Waals surface area contributed by atoms with Crippen molar-refractivity contribution in [1.29, 1.82) is 0 Å². The second kappa shape index (κ2) is 5.53. The highest BCUT2D eigenvalue weighted by Crippen LogP contribution is 2.62. The largest absolute Gasteiger partial charge is 0.319 e. The zero-order valence-electron chi connectivity index (χ0n) is 14.1. The maximum atomic E-state index is 3.37. The maximum absolute atomic E-state index is 3.37. The van der Waals surface area contributed by atoms with Gasteiger partial charge in [-0.1, -0.05) is 0 Å². The zero-order chi connectivity index (χ0) is 14.4. The summed E-state index contributed by atoms with van der Waals surface area (Å²) in [4.78, 5) is 2.87. The molecule has 0 amide bonds. The molecule has 1 unspecified atom stereocenters. The summed E-state index contributed by atoms with van der Waals surface area (Å²) in [6, 6.07) is 0.849. The first-order chi connectivity index (χ1) is 10.2. The number of rotatable bonds is 4. The highest BCUT2D eigenvalue weighted by molar-refractivity contribution is 5.05. The Morgan fingerprint density at radius 1 is 1.00 bits per heavy atom. The highest BCUT2D eigenvalue weighted by atomic mass is 15.2. The Hall–Kier alpha value is -0.0800.